The van der Waals surface area contributed by atoms with Crippen molar-refractivity contribution in [2.24, 2.45) is 5.92 Å². The second kappa shape index (κ2) is 8.05. The molecule has 1 aliphatic carbocycles. The third-order valence-corrected chi connectivity index (χ3v) is 5.78. The molecule has 2 N–H and O–H groups in total. The summed E-state index contributed by atoms with van der Waals surface area (Å²) in [6.45, 7) is 4.23. The summed E-state index contributed by atoms with van der Waals surface area (Å²) < 4.78 is 0. The highest BCUT2D eigenvalue weighted by Gasteiger charge is 2.12. The van der Waals surface area contributed by atoms with Crippen molar-refractivity contribution in [1.82, 2.24) is 15.3 Å². The van der Waals surface area contributed by atoms with E-state index in [1.807, 2.05) is 0 Å². The zero-order chi connectivity index (χ0) is 17.8. The Hall–Kier alpha value is -2.13. The van der Waals surface area contributed by atoms with Crippen LogP contribution >= 0.6 is 0 Å². The lowest BCUT2D eigenvalue weighted by atomic mass is 9.87. The summed E-state index contributed by atoms with van der Waals surface area (Å²) in [5.41, 5.74) is 7.25. The number of nitrogens with zero attached hydrogens (tertiary/aromatic N) is 1. The number of H-pyrrole nitrogens is 1. The Morgan fingerprint density at radius 3 is 2.65 bits per heavy atom. The zero-order valence-electron chi connectivity index (χ0n) is 15.7. The Morgan fingerprint density at radius 1 is 1.04 bits per heavy atom. The van der Waals surface area contributed by atoms with E-state index in [1.54, 1.807) is 6.33 Å². The molecular weight excluding hydrogens is 318 g/mol. The smallest absolute Gasteiger partial charge is 0.0931 e. The molecule has 0 atom stereocenters. The topological polar surface area (TPSA) is 40.7 Å². The maximum absolute atomic E-state index is 4.38. The summed E-state index contributed by atoms with van der Waals surface area (Å²) in [5.74, 6) is 0.958. The van der Waals surface area contributed by atoms with Gasteiger partial charge in [-0.05, 0) is 60.2 Å². The molecule has 3 heteroatoms. The molecule has 26 heavy (non-hydrogen) atoms. The molecule has 1 aliphatic rings. The largest absolute Gasteiger partial charge is 0.345 e. The van der Waals surface area contributed by atoms with E-state index in [1.165, 1.54) is 60.8 Å². The molecule has 0 aliphatic heterocycles. The predicted molar refractivity (Wildman–Crippen MR) is 109 cm³/mol. The molecule has 0 saturated heterocycles. The highest BCUT2D eigenvalue weighted by atomic mass is 14.9. The van der Waals surface area contributed by atoms with Gasteiger partial charge in [-0.15, -0.1) is 0 Å². The van der Waals surface area contributed by atoms with Crippen LogP contribution < -0.4 is 5.32 Å². The van der Waals surface area contributed by atoms with Crippen LogP contribution in [0.2, 0.25) is 0 Å². The van der Waals surface area contributed by atoms with Crippen molar-refractivity contribution in [2.45, 2.75) is 52.0 Å². The Morgan fingerprint density at radius 2 is 1.85 bits per heavy atom. The molecule has 0 unspecified atom stereocenters. The summed E-state index contributed by atoms with van der Waals surface area (Å²) >= 11 is 0. The molecule has 0 spiro atoms. The number of benzene rings is 2. The Bertz CT molecular complexity index is 842. The lowest BCUT2D eigenvalue weighted by molar-refractivity contribution is 0.334. The Balaban J connectivity index is 1.34. The third-order valence-electron chi connectivity index (χ3n) is 5.78. The number of nitrogens with one attached hydrogen (secondary N) is 2. The Kier molecular flexibility index (Phi) is 5.35. The second-order valence-corrected chi connectivity index (χ2v) is 7.76. The maximum atomic E-state index is 4.38. The van der Waals surface area contributed by atoms with Gasteiger partial charge in [0.15, 0.2) is 0 Å². The van der Waals surface area contributed by atoms with E-state index in [-0.39, 0.29) is 0 Å². The number of aromatic nitrogens is 2. The van der Waals surface area contributed by atoms with Crippen LogP contribution in [-0.4, -0.2) is 16.5 Å². The van der Waals surface area contributed by atoms with Crippen LogP contribution in [0.1, 0.15) is 49.7 Å². The standard InChI is InChI=1S/C23H29N3/c1-17-13-21(14-22-23(17)26-16-25-22)20-9-7-19(8-10-20)15-24-12-11-18-5-3-2-4-6-18/h7-10,13-14,16,18,24H,2-6,11-12,15H2,1H3,(H,25,26). The van der Waals surface area contributed by atoms with Gasteiger partial charge < -0.3 is 10.3 Å². The molecule has 1 heterocycles. The van der Waals surface area contributed by atoms with Gasteiger partial charge in [-0.1, -0.05) is 56.4 Å². The van der Waals surface area contributed by atoms with Crippen LogP contribution in [0, 0.1) is 12.8 Å². The SMILES string of the molecule is Cc1cc(-c2ccc(CNCCC3CCCCC3)cc2)cc2[nH]cnc12. The van der Waals surface area contributed by atoms with Crippen molar-refractivity contribution in [3.8, 4) is 11.1 Å². The molecule has 2 aromatic carbocycles. The summed E-state index contributed by atoms with van der Waals surface area (Å²) in [4.78, 5) is 7.60. The van der Waals surface area contributed by atoms with Crippen LogP contribution in [0.25, 0.3) is 22.2 Å². The number of hydrogen-bond donors (Lipinski definition) is 2. The van der Waals surface area contributed by atoms with Crippen LogP contribution in [0.5, 0.6) is 0 Å². The molecule has 1 saturated carbocycles. The summed E-state index contributed by atoms with van der Waals surface area (Å²) in [6.07, 6.45) is 10.3. The fourth-order valence-corrected chi connectivity index (χ4v) is 4.22. The van der Waals surface area contributed by atoms with Crippen molar-refractivity contribution < 1.29 is 0 Å². The minimum absolute atomic E-state index is 0.958. The quantitative estimate of drug-likeness (QED) is 0.570. The summed E-state index contributed by atoms with van der Waals surface area (Å²) in [5, 5.41) is 3.62. The van der Waals surface area contributed by atoms with E-state index in [0.29, 0.717) is 0 Å². The van der Waals surface area contributed by atoms with Crippen LogP contribution in [0.3, 0.4) is 0 Å². The lowest BCUT2D eigenvalue weighted by Crippen LogP contribution is -2.19. The zero-order valence-corrected chi connectivity index (χ0v) is 15.7. The number of fused-ring (bicyclic) bond motifs is 1. The first-order valence-corrected chi connectivity index (χ1v) is 10.0. The van der Waals surface area contributed by atoms with Gasteiger partial charge in [-0.3, -0.25) is 0 Å². The number of imidazole rings is 1. The fourth-order valence-electron chi connectivity index (χ4n) is 4.22. The molecular formula is C23H29N3. The monoisotopic (exact) mass is 347 g/mol. The van der Waals surface area contributed by atoms with E-state index in [4.69, 9.17) is 0 Å². The first-order valence-electron chi connectivity index (χ1n) is 10.0. The van der Waals surface area contributed by atoms with Crippen LogP contribution in [-0.2, 0) is 6.54 Å². The van der Waals surface area contributed by atoms with Gasteiger partial charge in [-0.25, -0.2) is 4.98 Å². The fraction of sp³-hybridized carbons (Fsp3) is 0.435. The van der Waals surface area contributed by atoms with Gasteiger partial charge in [-0.2, -0.15) is 0 Å². The van der Waals surface area contributed by atoms with E-state index in [9.17, 15) is 0 Å². The van der Waals surface area contributed by atoms with E-state index < -0.39 is 0 Å². The van der Waals surface area contributed by atoms with Crippen molar-refractivity contribution >= 4 is 11.0 Å². The number of hydrogen-bond acceptors (Lipinski definition) is 2. The van der Waals surface area contributed by atoms with E-state index >= 15 is 0 Å². The van der Waals surface area contributed by atoms with Gasteiger partial charge in [0, 0.05) is 6.54 Å². The molecule has 0 radical (unpaired) electrons. The molecule has 136 valence electrons. The second-order valence-electron chi connectivity index (χ2n) is 7.76. The van der Waals surface area contributed by atoms with Gasteiger partial charge in [0.05, 0.1) is 17.4 Å². The van der Waals surface area contributed by atoms with Gasteiger partial charge in [0.1, 0.15) is 0 Å². The van der Waals surface area contributed by atoms with Gasteiger partial charge in [0.2, 0.25) is 0 Å². The maximum Gasteiger partial charge on any atom is 0.0931 e. The average Bonchev–Trinajstić information content (AvgIpc) is 3.16. The van der Waals surface area contributed by atoms with Crippen molar-refractivity contribution in [3.63, 3.8) is 0 Å². The first kappa shape index (κ1) is 17.3. The molecule has 4 rings (SSSR count). The molecule has 0 bridgehead atoms. The van der Waals surface area contributed by atoms with E-state index in [0.717, 1.165) is 30.0 Å². The molecule has 3 aromatic rings. The van der Waals surface area contributed by atoms with Crippen LogP contribution in [0.15, 0.2) is 42.7 Å². The van der Waals surface area contributed by atoms with Gasteiger partial charge in [0.25, 0.3) is 0 Å². The molecule has 1 fully saturated rings. The molecule has 0 amide bonds. The normalized spacial score (nSPS) is 15.6. The van der Waals surface area contributed by atoms with Crippen molar-refractivity contribution in [2.75, 3.05) is 6.54 Å². The number of aryl methyl sites for hydroxylation is 1. The van der Waals surface area contributed by atoms with E-state index in [2.05, 4.69) is 58.6 Å². The molecule has 3 nitrogen and oxygen atoms in total. The number of aromatic amines is 1. The van der Waals surface area contributed by atoms with Crippen LogP contribution in [0.4, 0.5) is 0 Å². The minimum atomic E-state index is 0.958. The van der Waals surface area contributed by atoms with Crippen molar-refractivity contribution in [1.29, 1.82) is 0 Å². The average molecular weight is 348 g/mol. The highest BCUT2D eigenvalue weighted by Crippen LogP contribution is 2.27. The lowest BCUT2D eigenvalue weighted by Gasteiger charge is -2.21. The number of rotatable bonds is 6. The van der Waals surface area contributed by atoms with Crippen molar-refractivity contribution in [3.05, 3.63) is 53.9 Å². The highest BCUT2D eigenvalue weighted by molar-refractivity contribution is 5.84. The molecule has 1 aromatic heterocycles. The minimum Gasteiger partial charge on any atom is -0.345 e. The van der Waals surface area contributed by atoms with Gasteiger partial charge >= 0.3 is 0 Å². The Labute approximate surface area is 156 Å². The summed E-state index contributed by atoms with van der Waals surface area (Å²) in [7, 11) is 0. The third kappa shape index (κ3) is 3.99. The predicted octanol–water partition coefficient (Wildman–Crippen LogP) is 5.60. The summed E-state index contributed by atoms with van der Waals surface area (Å²) in [6, 6.07) is 13.4. The first-order chi connectivity index (χ1) is 12.8.